The molecule has 0 bridgehead atoms. The first-order valence-electron chi connectivity index (χ1n) is 4.54. The van der Waals surface area contributed by atoms with Crippen molar-refractivity contribution in [1.82, 2.24) is 4.98 Å². The molecule has 1 fully saturated rings. The molecular formula is C9H9F2NO3. The summed E-state index contributed by atoms with van der Waals surface area (Å²) in [4.78, 5) is 14.1. The smallest absolute Gasteiger partial charge is 0.357 e. The first kappa shape index (κ1) is 10.1. The highest BCUT2D eigenvalue weighted by atomic mass is 19.3. The Morgan fingerprint density at radius 3 is 2.87 bits per heavy atom. The van der Waals surface area contributed by atoms with Gasteiger partial charge in [0.15, 0.2) is 11.6 Å². The monoisotopic (exact) mass is 217 g/mol. The summed E-state index contributed by atoms with van der Waals surface area (Å²) in [6.45, 7) is 0. The summed E-state index contributed by atoms with van der Waals surface area (Å²) in [7, 11) is 0. The lowest BCUT2D eigenvalue weighted by Crippen LogP contribution is -2.09. The van der Waals surface area contributed by atoms with Crippen molar-refractivity contribution in [2.24, 2.45) is 0 Å². The highest BCUT2D eigenvalue weighted by Crippen LogP contribution is 2.43. The van der Waals surface area contributed by atoms with Crippen LogP contribution in [0, 0.1) is 0 Å². The van der Waals surface area contributed by atoms with Crippen LogP contribution in [0.15, 0.2) is 10.7 Å². The number of aromatic nitrogens is 1. The Kier molecular flexibility index (Phi) is 2.21. The molecule has 1 aromatic rings. The molecule has 0 aromatic carbocycles. The van der Waals surface area contributed by atoms with Gasteiger partial charge in [-0.3, -0.25) is 0 Å². The fourth-order valence-electron chi connectivity index (χ4n) is 1.73. The SMILES string of the molecule is O=C(O)c1coc(C2CCC(F)(F)C2)n1. The van der Waals surface area contributed by atoms with Crippen molar-refractivity contribution in [3.05, 3.63) is 17.8 Å². The van der Waals surface area contributed by atoms with E-state index in [1.165, 1.54) is 0 Å². The van der Waals surface area contributed by atoms with Crippen molar-refractivity contribution in [2.75, 3.05) is 0 Å². The zero-order valence-electron chi connectivity index (χ0n) is 7.74. The van der Waals surface area contributed by atoms with Crippen molar-refractivity contribution in [2.45, 2.75) is 31.1 Å². The number of alkyl halides is 2. The van der Waals surface area contributed by atoms with E-state index in [2.05, 4.69) is 4.98 Å². The van der Waals surface area contributed by atoms with Crippen LogP contribution >= 0.6 is 0 Å². The average molecular weight is 217 g/mol. The van der Waals surface area contributed by atoms with Gasteiger partial charge in [-0.05, 0) is 6.42 Å². The number of carbonyl (C=O) groups is 1. The number of hydrogen-bond acceptors (Lipinski definition) is 3. The highest BCUT2D eigenvalue weighted by molar-refractivity contribution is 5.84. The Morgan fingerprint density at radius 2 is 2.40 bits per heavy atom. The fourth-order valence-corrected chi connectivity index (χ4v) is 1.73. The molecule has 1 N–H and O–H groups in total. The molecular weight excluding hydrogens is 208 g/mol. The maximum Gasteiger partial charge on any atom is 0.357 e. The molecule has 4 nitrogen and oxygen atoms in total. The van der Waals surface area contributed by atoms with Gasteiger partial charge in [0.2, 0.25) is 5.92 Å². The number of hydrogen-bond donors (Lipinski definition) is 1. The van der Waals surface area contributed by atoms with Crippen LogP contribution in [0.1, 0.15) is 41.6 Å². The van der Waals surface area contributed by atoms with Crippen molar-refractivity contribution in [3.63, 3.8) is 0 Å². The second-order valence-electron chi connectivity index (χ2n) is 3.67. The summed E-state index contributed by atoms with van der Waals surface area (Å²) in [5.41, 5.74) is -0.236. The zero-order chi connectivity index (χ0) is 11.1. The van der Waals surface area contributed by atoms with E-state index in [-0.39, 0.29) is 30.8 Å². The molecule has 82 valence electrons. The molecule has 15 heavy (non-hydrogen) atoms. The first-order chi connectivity index (χ1) is 6.98. The Balaban J connectivity index is 2.14. The van der Waals surface area contributed by atoms with Crippen molar-refractivity contribution < 1.29 is 23.1 Å². The third-order valence-corrected chi connectivity index (χ3v) is 2.49. The molecule has 0 aliphatic heterocycles. The number of halogens is 2. The molecule has 2 rings (SSSR count). The molecule has 1 saturated carbocycles. The first-order valence-corrected chi connectivity index (χ1v) is 4.54. The molecule has 1 heterocycles. The predicted molar refractivity (Wildman–Crippen MR) is 45.0 cm³/mol. The average Bonchev–Trinajstić information content (AvgIpc) is 2.70. The summed E-state index contributed by atoms with van der Waals surface area (Å²) >= 11 is 0. The normalized spacial score (nSPS) is 24.3. The molecule has 1 aliphatic carbocycles. The molecule has 1 aliphatic rings. The molecule has 6 heteroatoms. The molecule has 0 spiro atoms. The van der Waals surface area contributed by atoms with Crippen LogP contribution < -0.4 is 0 Å². The Morgan fingerprint density at radius 1 is 1.67 bits per heavy atom. The lowest BCUT2D eigenvalue weighted by Gasteiger charge is -2.06. The highest BCUT2D eigenvalue weighted by Gasteiger charge is 2.42. The molecule has 0 saturated heterocycles. The van der Waals surface area contributed by atoms with E-state index < -0.39 is 17.8 Å². The van der Waals surface area contributed by atoms with Crippen LogP contribution in [0.2, 0.25) is 0 Å². The summed E-state index contributed by atoms with van der Waals surface area (Å²) in [5, 5.41) is 8.57. The second-order valence-corrected chi connectivity index (χ2v) is 3.67. The third kappa shape index (κ3) is 1.98. The topological polar surface area (TPSA) is 63.3 Å². The quantitative estimate of drug-likeness (QED) is 0.825. The Hall–Kier alpha value is -1.46. The minimum atomic E-state index is -2.68. The van der Waals surface area contributed by atoms with Gasteiger partial charge in [-0.25, -0.2) is 18.6 Å². The van der Waals surface area contributed by atoms with E-state index in [0.717, 1.165) is 6.26 Å². The molecule has 1 aromatic heterocycles. The number of rotatable bonds is 2. The minimum Gasteiger partial charge on any atom is -0.476 e. The van der Waals surface area contributed by atoms with Crippen LogP contribution in [-0.2, 0) is 0 Å². The summed E-state index contributed by atoms with van der Waals surface area (Å²) in [5.74, 6) is -4.25. The van der Waals surface area contributed by atoms with Crippen LogP contribution in [0.3, 0.4) is 0 Å². The van der Waals surface area contributed by atoms with E-state index in [1.807, 2.05) is 0 Å². The largest absolute Gasteiger partial charge is 0.476 e. The van der Waals surface area contributed by atoms with E-state index >= 15 is 0 Å². The van der Waals surface area contributed by atoms with Gasteiger partial charge in [0, 0.05) is 18.8 Å². The fraction of sp³-hybridized carbons (Fsp3) is 0.556. The van der Waals surface area contributed by atoms with E-state index in [1.54, 1.807) is 0 Å². The summed E-state index contributed by atoms with van der Waals surface area (Å²) in [6.07, 6.45) is 0.760. The summed E-state index contributed by atoms with van der Waals surface area (Å²) < 4.78 is 30.6. The van der Waals surface area contributed by atoms with Gasteiger partial charge in [0.05, 0.1) is 0 Å². The number of oxazole rings is 1. The van der Waals surface area contributed by atoms with Crippen LogP contribution in [0.5, 0.6) is 0 Å². The van der Waals surface area contributed by atoms with Gasteiger partial charge in [-0.2, -0.15) is 0 Å². The predicted octanol–water partition coefficient (Wildman–Crippen LogP) is 2.28. The van der Waals surface area contributed by atoms with Gasteiger partial charge in [-0.15, -0.1) is 0 Å². The Bertz CT molecular complexity index is 388. The third-order valence-electron chi connectivity index (χ3n) is 2.49. The second kappa shape index (κ2) is 3.29. The van der Waals surface area contributed by atoms with Crippen molar-refractivity contribution in [1.29, 1.82) is 0 Å². The van der Waals surface area contributed by atoms with E-state index in [9.17, 15) is 13.6 Å². The maximum absolute atomic E-state index is 12.9. The maximum atomic E-state index is 12.9. The molecule has 1 unspecified atom stereocenters. The van der Waals surface area contributed by atoms with Crippen LogP contribution in [0.4, 0.5) is 8.78 Å². The van der Waals surface area contributed by atoms with Gasteiger partial charge in [0.25, 0.3) is 0 Å². The number of nitrogens with zero attached hydrogens (tertiary/aromatic N) is 1. The lowest BCUT2D eigenvalue weighted by molar-refractivity contribution is 0.00704. The number of aromatic carboxylic acids is 1. The number of carboxylic acid groups (broad SMARTS) is 1. The summed E-state index contributed by atoms with van der Waals surface area (Å²) in [6, 6.07) is 0. The minimum absolute atomic E-state index is 0.101. The van der Waals surface area contributed by atoms with Crippen molar-refractivity contribution in [3.8, 4) is 0 Å². The van der Waals surface area contributed by atoms with Crippen molar-refractivity contribution >= 4 is 5.97 Å². The van der Waals surface area contributed by atoms with Crippen LogP contribution in [0.25, 0.3) is 0 Å². The lowest BCUT2D eigenvalue weighted by atomic mass is 10.1. The molecule has 0 amide bonds. The van der Waals surface area contributed by atoms with Gasteiger partial charge in [-0.1, -0.05) is 0 Å². The van der Waals surface area contributed by atoms with E-state index in [0.29, 0.717) is 0 Å². The van der Waals surface area contributed by atoms with Gasteiger partial charge < -0.3 is 9.52 Å². The van der Waals surface area contributed by atoms with Crippen LogP contribution in [-0.4, -0.2) is 22.0 Å². The molecule has 0 radical (unpaired) electrons. The standard InChI is InChI=1S/C9H9F2NO3/c10-9(11)2-1-5(3-9)7-12-6(4-15-7)8(13)14/h4-5H,1-3H2,(H,13,14). The van der Waals surface area contributed by atoms with Gasteiger partial charge >= 0.3 is 5.97 Å². The Labute approximate surface area is 83.9 Å². The molecule has 1 atom stereocenters. The van der Waals surface area contributed by atoms with Gasteiger partial charge in [0.1, 0.15) is 6.26 Å². The number of carboxylic acids is 1. The zero-order valence-corrected chi connectivity index (χ0v) is 7.74. The van der Waals surface area contributed by atoms with E-state index in [4.69, 9.17) is 9.52 Å².